The van der Waals surface area contributed by atoms with Crippen molar-refractivity contribution in [3.05, 3.63) is 58.1 Å². The summed E-state index contributed by atoms with van der Waals surface area (Å²) in [6.07, 6.45) is 0. The third kappa shape index (κ3) is 3.38. The molecule has 0 aliphatic carbocycles. The summed E-state index contributed by atoms with van der Waals surface area (Å²) in [4.78, 5) is 2.07. The average molecular weight is 309 g/mol. The first-order chi connectivity index (χ1) is 9.49. The van der Waals surface area contributed by atoms with Crippen molar-refractivity contribution in [1.82, 2.24) is 0 Å². The molecule has 1 N–H and O–H groups in total. The van der Waals surface area contributed by atoms with E-state index in [9.17, 15) is 0 Å². The molecule has 0 saturated carbocycles. The molecule has 2 aromatic rings. The van der Waals surface area contributed by atoms with E-state index in [1.165, 1.54) is 5.69 Å². The molecule has 2 aromatic carbocycles. The number of hydrogen-bond acceptors (Lipinski definition) is 2. The van der Waals surface area contributed by atoms with Gasteiger partial charge in [0.2, 0.25) is 0 Å². The zero-order chi connectivity index (χ0) is 14.7. The normalized spacial score (nSPS) is 12.1. The number of nitrogens with one attached hydrogen (secondary N) is 1. The first-order valence-corrected chi connectivity index (χ1v) is 7.22. The fourth-order valence-corrected chi connectivity index (χ4v) is 2.51. The van der Waals surface area contributed by atoms with Gasteiger partial charge in [0.05, 0.1) is 16.1 Å². The van der Waals surface area contributed by atoms with Crippen LogP contribution in [0.4, 0.5) is 11.4 Å². The molecule has 0 spiro atoms. The maximum Gasteiger partial charge on any atom is 0.0644 e. The van der Waals surface area contributed by atoms with Crippen LogP contribution in [-0.2, 0) is 0 Å². The van der Waals surface area contributed by atoms with Gasteiger partial charge in [0.15, 0.2) is 0 Å². The van der Waals surface area contributed by atoms with E-state index in [2.05, 4.69) is 41.4 Å². The summed E-state index contributed by atoms with van der Waals surface area (Å²) in [6.45, 7) is 2.07. The Morgan fingerprint density at radius 2 is 1.65 bits per heavy atom. The highest BCUT2D eigenvalue weighted by atomic mass is 35.5. The lowest BCUT2D eigenvalue weighted by molar-refractivity contribution is 0.885. The highest BCUT2D eigenvalue weighted by molar-refractivity contribution is 6.42. The van der Waals surface area contributed by atoms with E-state index in [1.807, 2.05) is 26.2 Å². The zero-order valence-electron chi connectivity index (χ0n) is 11.8. The standard InChI is InChI=1S/C16H18Cl2N2/c1-11(14-5-4-6-15(17)16(14)18)19-12-7-9-13(10-8-12)20(2)3/h4-11,19H,1-3H3. The topological polar surface area (TPSA) is 15.3 Å². The van der Waals surface area contributed by atoms with E-state index < -0.39 is 0 Å². The Bertz CT molecular complexity index is 580. The van der Waals surface area contributed by atoms with Gasteiger partial charge in [-0.2, -0.15) is 0 Å². The van der Waals surface area contributed by atoms with Crippen LogP contribution in [0.2, 0.25) is 10.0 Å². The van der Waals surface area contributed by atoms with Gasteiger partial charge in [0.25, 0.3) is 0 Å². The summed E-state index contributed by atoms with van der Waals surface area (Å²) in [6, 6.07) is 14.1. The predicted molar refractivity (Wildman–Crippen MR) is 89.3 cm³/mol. The Hall–Kier alpha value is -1.38. The number of benzene rings is 2. The third-order valence-corrected chi connectivity index (χ3v) is 4.05. The molecule has 2 nitrogen and oxygen atoms in total. The molecule has 4 heteroatoms. The smallest absolute Gasteiger partial charge is 0.0644 e. The fraction of sp³-hybridized carbons (Fsp3) is 0.250. The molecular formula is C16H18Cl2N2. The molecule has 0 amide bonds. The van der Waals surface area contributed by atoms with Crippen LogP contribution in [0.25, 0.3) is 0 Å². The van der Waals surface area contributed by atoms with Crippen LogP contribution in [0.3, 0.4) is 0 Å². The van der Waals surface area contributed by atoms with Crippen LogP contribution in [0.5, 0.6) is 0 Å². The molecule has 2 rings (SSSR count). The molecule has 1 unspecified atom stereocenters. The second-order valence-corrected chi connectivity index (χ2v) is 5.74. The minimum atomic E-state index is 0.0893. The van der Waals surface area contributed by atoms with E-state index in [0.29, 0.717) is 10.0 Å². The quantitative estimate of drug-likeness (QED) is 0.831. The average Bonchev–Trinajstić information content (AvgIpc) is 2.42. The Morgan fingerprint density at radius 3 is 2.25 bits per heavy atom. The number of anilines is 2. The van der Waals surface area contributed by atoms with Crippen molar-refractivity contribution in [3.8, 4) is 0 Å². The second kappa shape index (κ2) is 6.38. The lowest BCUT2D eigenvalue weighted by Crippen LogP contribution is -2.09. The van der Waals surface area contributed by atoms with Crippen LogP contribution < -0.4 is 10.2 Å². The molecule has 0 heterocycles. The molecule has 0 aliphatic rings. The highest BCUT2D eigenvalue weighted by Crippen LogP contribution is 2.31. The number of rotatable bonds is 4. The molecule has 0 saturated heterocycles. The Morgan fingerprint density at radius 1 is 1.00 bits per heavy atom. The van der Waals surface area contributed by atoms with Crippen molar-refractivity contribution < 1.29 is 0 Å². The van der Waals surface area contributed by atoms with Crippen LogP contribution in [0, 0.1) is 0 Å². The van der Waals surface area contributed by atoms with Crippen LogP contribution in [-0.4, -0.2) is 14.1 Å². The summed E-state index contributed by atoms with van der Waals surface area (Å²) < 4.78 is 0. The van der Waals surface area contributed by atoms with Gasteiger partial charge in [0, 0.05) is 25.5 Å². The van der Waals surface area contributed by atoms with E-state index in [4.69, 9.17) is 23.2 Å². The van der Waals surface area contributed by atoms with Gasteiger partial charge in [-0.25, -0.2) is 0 Å². The molecule has 106 valence electrons. The number of hydrogen-bond donors (Lipinski definition) is 1. The lowest BCUT2D eigenvalue weighted by atomic mass is 10.1. The maximum atomic E-state index is 6.24. The number of nitrogens with zero attached hydrogens (tertiary/aromatic N) is 1. The first-order valence-electron chi connectivity index (χ1n) is 6.47. The maximum absolute atomic E-state index is 6.24. The van der Waals surface area contributed by atoms with E-state index >= 15 is 0 Å². The van der Waals surface area contributed by atoms with Gasteiger partial charge in [-0.05, 0) is 42.8 Å². The summed E-state index contributed by atoms with van der Waals surface area (Å²) in [5, 5.41) is 4.63. The molecule has 0 radical (unpaired) electrons. The summed E-state index contributed by atoms with van der Waals surface area (Å²) in [5.41, 5.74) is 3.22. The van der Waals surface area contributed by atoms with Gasteiger partial charge in [-0.3, -0.25) is 0 Å². The van der Waals surface area contributed by atoms with E-state index in [0.717, 1.165) is 11.3 Å². The first kappa shape index (κ1) is 15.0. The molecule has 0 aromatic heterocycles. The van der Waals surface area contributed by atoms with Crippen molar-refractivity contribution in [2.45, 2.75) is 13.0 Å². The Balaban J connectivity index is 2.15. The van der Waals surface area contributed by atoms with Crippen molar-refractivity contribution in [2.75, 3.05) is 24.3 Å². The molecule has 1 atom stereocenters. The summed E-state index contributed by atoms with van der Waals surface area (Å²) in [7, 11) is 4.05. The third-order valence-electron chi connectivity index (χ3n) is 3.21. The lowest BCUT2D eigenvalue weighted by Gasteiger charge is -2.19. The SMILES string of the molecule is CC(Nc1ccc(N(C)C)cc1)c1cccc(Cl)c1Cl. The van der Waals surface area contributed by atoms with Crippen LogP contribution in [0.1, 0.15) is 18.5 Å². The molecule has 0 aliphatic heterocycles. The molecule has 0 bridgehead atoms. The minimum absolute atomic E-state index is 0.0893. The van der Waals surface area contributed by atoms with Gasteiger partial charge >= 0.3 is 0 Å². The highest BCUT2D eigenvalue weighted by Gasteiger charge is 2.11. The molecule has 0 fully saturated rings. The van der Waals surface area contributed by atoms with Gasteiger partial charge in [-0.15, -0.1) is 0 Å². The van der Waals surface area contributed by atoms with E-state index in [1.54, 1.807) is 6.07 Å². The van der Waals surface area contributed by atoms with Gasteiger partial charge < -0.3 is 10.2 Å². The fourth-order valence-electron chi connectivity index (χ4n) is 2.04. The van der Waals surface area contributed by atoms with Crippen molar-refractivity contribution in [2.24, 2.45) is 0 Å². The van der Waals surface area contributed by atoms with Gasteiger partial charge in [-0.1, -0.05) is 35.3 Å². The predicted octanol–water partition coefficient (Wildman–Crippen LogP) is 5.23. The van der Waals surface area contributed by atoms with Gasteiger partial charge in [0.1, 0.15) is 0 Å². The summed E-state index contributed by atoms with van der Waals surface area (Å²) >= 11 is 12.3. The monoisotopic (exact) mass is 308 g/mol. The van der Waals surface area contributed by atoms with Crippen molar-refractivity contribution >= 4 is 34.6 Å². The van der Waals surface area contributed by atoms with Crippen molar-refractivity contribution in [3.63, 3.8) is 0 Å². The zero-order valence-corrected chi connectivity index (χ0v) is 13.3. The minimum Gasteiger partial charge on any atom is -0.378 e. The van der Waals surface area contributed by atoms with Crippen LogP contribution in [0.15, 0.2) is 42.5 Å². The molecule has 20 heavy (non-hydrogen) atoms. The molecular weight excluding hydrogens is 291 g/mol. The summed E-state index contributed by atoms with van der Waals surface area (Å²) in [5.74, 6) is 0. The second-order valence-electron chi connectivity index (χ2n) is 4.95. The largest absolute Gasteiger partial charge is 0.378 e. The van der Waals surface area contributed by atoms with Crippen molar-refractivity contribution in [1.29, 1.82) is 0 Å². The van der Waals surface area contributed by atoms with E-state index in [-0.39, 0.29) is 6.04 Å². The number of halogens is 2. The Labute approximate surface area is 130 Å². The van der Waals surface area contributed by atoms with Crippen LogP contribution >= 0.6 is 23.2 Å². The Kier molecular flexibility index (Phi) is 4.79.